The van der Waals surface area contributed by atoms with Gasteiger partial charge in [-0.2, -0.15) is 0 Å². The van der Waals surface area contributed by atoms with Gasteiger partial charge in [-0.25, -0.2) is 0 Å². The molecule has 2 heterocycles. The number of halogens is 1. The van der Waals surface area contributed by atoms with Crippen molar-refractivity contribution in [2.24, 2.45) is 0 Å². The Morgan fingerprint density at radius 1 is 1.06 bits per heavy atom. The number of amides is 2. The molecule has 4 aromatic rings. The lowest BCUT2D eigenvalue weighted by Crippen LogP contribution is -2.15. The van der Waals surface area contributed by atoms with Crippen LogP contribution in [0.5, 0.6) is 5.75 Å². The van der Waals surface area contributed by atoms with Gasteiger partial charge in [-0.05, 0) is 61.0 Å². The SMILES string of the molecule is COc1ccc(NC(=O)c2ccc3nnc(SCC(=O)Nc4cc(Cl)ccc4C)n3c2)cc1. The van der Waals surface area contributed by atoms with E-state index >= 15 is 0 Å². The Hall–Kier alpha value is -3.56. The first-order valence-electron chi connectivity index (χ1n) is 9.92. The number of benzene rings is 2. The fourth-order valence-corrected chi connectivity index (χ4v) is 3.91. The Kier molecular flexibility index (Phi) is 6.81. The molecular formula is C23H20ClN5O3S. The van der Waals surface area contributed by atoms with E-state index in [2.05, 4.69) is 20.8 Å². The number of aromatic nitrogens is 3. The van der Waals surface area contributed by atoms with Crippen molar-refractivity contribution in [1.29, 1.82) is 0 Å². The van der Waals surface area contributed by atoms with Gasteiger partial charge in [-0.3, -0.25) is 14.0 Å². The highest BCUT2D eigenvalue weighted by Gasteiger charge is 2.13. The fraction of sp³-hybridized carbons (Fsp3) is 0.130. The van der Waals surface area contributed by atoms with Crippen molar-refractivity contribution in [3.63, 3.8) is 0 Å². The Labute approximate surface area is 199 Å². The van der Waals surface area contributed by atoms with Crippen LogP contribution in [0.15, 0.2) is 66.0 Å². The minimum atomic E-state index is -0.277. The Bertz CT molecular complexity index is 1320. The van der Waals surface area contributed by atoms with Gasteiger partial charge in [-0.15, -0.1) is 10.2 Å². The van der Waals surface area contributed by atoms with E-state index in [1.165, 1.54) is 11.8 Å². The first-order chi connectivity index (χ1) is 15.9. The number of thioether (sulfide) groups is 1. The molecule has 2 amide bonds. The number of carbonyl (C=O) groups excluding carboxylic acids is 2. The van der Waals surface area contributed by atoms with Gasteiger partial charge in [0.2, 0.25) is 5.91 Å². The van der Waals surface area contributed by atoms with Crippen LogP contribution in [-0.4, -0.2) is 39.3 Å². The van der Waals surface area contributed by atoms with Crippen molar-refractivity contribution in [1.82, 2.24) is 14.6 Å². The van der Waals surface area contributed by atoms with Crippen LogP contribution in [0.2, 0.25) is 5.02 Å². The summed E-state index contributed by atoms with van der Waals surface area (Å²) in [6, 6.07) is 15.8. The molecule has 0 atom stereocenters. The van der Waals surface area contributed by atoms with E-state index in [-0.39, 0.29) is 17.6 Å². The molecular weight excluding hydrogens is 462 g/mol. The number of ether oxygens (including phenoxy) is 1. The van der Waals surface area contributed by atoms with Gasteiger partial charge in [0, 0.05) is 22.6 Å². The fourth-order valence-electron chi connectivity index (χ4n) is 3.03. The lowest BCUT2D eigenvalue weighted by Gasteiger charge is -2.09. The minimum Gasteiger partial charge on any atom is -0.497 e. The van der Waals surface area contributed by atoms with Gasteiger partial charge in [0.15, 0.2) is 10.8 Å². The number of fused-ring (bicyclic) bond motifs is 1. The summed E-state index contributed by atoms with van der Waals surface area (Å²) in [4.78, 5) is 25.1. The number of aryl methyl sites for hydroxylation is 1. The molecule has 0 saturated heterocycles. The molecule has 2 aromatic heterocycles. The number of pyridine rings is 1. The number of nitrogens with one attached hydrogen (secondary N) is 2. The zero-order chi connectivity index (χ0) is 23.4. The van der Waals surface area contributed by atoms with E-state index in [0.717, 1.165) is 5.56 Å². The summed E-state index contributed by atoms with van der Waals surface area (Å²) in [6.07, 6.45) is 1.65. The zero-order valence-corrected chi connectivity index (χ0v) is 19.4. The normalized spacial score (nSPS) is 10.8. The van der Waals surface area contributed by atoms with Crippen LogP contribution in [0.4, 0.5) is 11.4 Å². The summed E-state index contributed by atoms with van der Waals surface area (Å²) >= 11 is 7.23. The monoisotopic (exact) mass is 481 g/mol. The van der Waals surface area contributed by atoms with Gasteiger partial charge in [0.25, 0.3) is 5.91 Å². The predicted octanol–water partition coefficient (Wildman–Crippen LogP) is 4.68. The maximum absolute atomic E-state index is 12.7. The summed E-state index contributed by atoms with van der Waals surface area (Å²) in [5.74, 6) is 0.348. The second-order valence-electron chi connectivity index (χ2n) is 7.11. The number of rotatable bonds is 7. The second-order valence-corrected chi connectivity index (χ2v) is 8.49. The predicted molar refractivity (Wildman–Crippen MR) is 129 cm³/mol. The first-order valence-corrected chi connectivity index (χ1v) is 11.3. The standard InChI is InChI=1S/C23H20ClN5O3S/c1-14-3-5-16(24)11-19(14)26-21(30)13-33-23-28-27-20-10-4-15(12-29(20)23)22(31)25-17-6-8-18(32-2)9-7-17/h3-12H,13H2,1-2H3,(H,25,31)(H,26,30). The summed E-state index contributed by atoms with van der Waals surface area (Å²) in [7, 11) is 1.58. The van der Waals surface area contributed by atoms with E-state index in [4.69, 9.17) is 16.3 Å². The summed E-state index contributed by atoms with van der Waals surface area (Å²) < 4.78 is 6.81. The Morgan fingerprint density at radius 3 is 2.61 bits per heavy atom. The molecule has 168 valence electrons. The van der Waals surface area contributed by atoms with Crippen molar-refractivity contribution in [2.45, 2.75) is 12.1 Å². The highest BCUT2D eigenvalue weighted by Crippen LogP contribution is 2.22. The van der Waals surface area contributed by atoms with Crippen LogP contribution < -0.4 is 15.4 Å². The molecule has 8 nitrogen and oxygen atoms in total. The maximum Gasteiger partial charge on any atom is 0.257 e. The van der Waals surface area contributed by atoms with E-state index in [1.54, 1.807) is 66.2 Å². The van der Waals surface area contributed by atoms with Gasteiger partial charge in [0.05, 0.1) is 18.4 Å². The second kappa shape index (κ2) is 9.93. The van der Waals surface area contributed by atoms with E-state index in [9.17, 15) is 9.59 Å². The molecule has 0 saturated carbocycles. The smallest absolute Gasteiger partial charge is 0.257 e. The van der Waals surface area contributed by atoms with Crippen molar-refractivity contribution in [2.75, 3.05) is 23.5 Å². The largest absolute Gasteiger partial charge is 0.497 e. The summed E-state index contributed by atoms with van der Waals surface area (Å²) in [5.41, 5.74) is 3.23. The van der Waals surface area contributed by atoms with Crippen molar-refractivity contribution in [3.8, 4) is 5.75 Å². The average Bonchev–Trinajstić information content (AvgIpc) is 3.23. The van der Waals surface area contributed by atoms with Crippen LogP contribution in [0.1, 0.15) is 15.9 Å². The Morgan fingerprint density at radius 2 is 1.85 bits per heavy atom. The highest BCUT2D eigenvalue weighted by atomic mass is 35.5. The molecule has 0 bridgehead atoms. The van der Waals surface area contributed by atoms with Crippen LogP contribution in [0, 0.1) is 6.92 Å². The average molecular weight is 482 g/mol. The topological polar surface area (TPSA) is 97.6 Å². The van der Waals surface area contributed by atoms with E-state index in [1.807, 2.05) is 13.0 Å². The molecule has 0 aliphatic heterocycles. The highest BCUT2D eigenvalue weighted by molar-refractivity contribution is 7.99. The van der Waals surface area contributed by atoms with Gasteiger partial charge in [0.1, 0.15) is 5.75 Å². The third-order valence-corrected chi connectivity index (χ3v) is 5.97. The molecule has 0 radical (unpaired) electrons. The maximum atomic E-state index is 12.7. The van der Waals surface area contributed by atoms with Gasteiger partial charge >= 0.3 is 0 Å². The number of nitrogens with zero attached hydrogens (tertiary/aromatic N) is 3. The molecule has 0 spiro atoms. The van der Waals surface area contributed by atoms with E-state index < -0.39 is 0 Å². The molecule has 4 rings (SSSR count). The summed E-state index contributed by atoms with van der Waals surface area (Å²) in [5, 5.41) is 15.0. The van der Waals surface area contributed by atoms with Crippen LogP contribution in [-0.2, 0) is 4.79 Å². The lowest BCUT2D eigenvalue weighted by atomic mass is 10.2. The van der Waals surface area contributed by atoms with Crippen LogP contribution in [0.3, 0.4) is 0 Å². The first kappa shape index (κ1) is 22.6. The molecule has 10 heteroatoms. The van der Waals surface area contributed by atoms with Gasteiger partial charge in [-0.1, -0.05) is 29.4 Å². The third kappa shape index (κ3) is 5.44. The molecule has 2 aromatic carbocycles. The number of methoxy groups -OCH3 is 1. The van der Waals surface area contributed by atoms with Crippen LogP contribution in [0.25, 0.3) is 5.65 Å². The number of anilines is 2. The Balaban J connectivity index is 1.44. The molecule has 2 N–H and O–H groups in total. The van der Waals surface area contributed by atoms with Crippen LogP contribution >= 0.6 is 23.4 Å². The molecule has 0 aliphatic carbocycles. The third-order valence-electron chi connectivity index (χ3n) is 4.79. The van der Waals surface area contributed by atoms with Gasteiger partial charge < -0.3 is 15.4 Å². The van der Waals surface area contributed by atoms with Crippen molar-refractivity contribution < 1.29 is 14.3 Å². The molecule has 0 fully saturated rings. The minimum absolute atomic E-state index is 0.120. The molecule has 0 aliphatic rings. The quantitative estimate of drug-likeness (QED) is 0.372. The van der Waals surface area contributed by atoms with Crippen molar-refractivity contribution in [3.05, 3.63) is 76.9 Å². The number of hydrogen-bond donors (Lipinski definition) is 2. The zero-order valence-electron chi connectivity index (χ0n) is 17.8. The molecule has 0 unspecified atom stereocenters. The van der Waals surface area contributed by atoms with E-state index in [0.29, 0.717) is 38.5 Å². The van der Waals surface area contributed by atoms with Crippen molar-refractivity contribution >= 4 is 52.2 Å². The molecule has 33 heavy (non-hydrogen) atoms. The lowest BCUT2D eigenvalue weighted by molar-refractivity contribution is -0.113. The number of hydrogen-bond acceptors (Lipinski definition) is 6. The summed E-state index contributed by atoms with van der Waals surface area (Å²) in [6.45, 7) is 1.89. The number of carbonyl (C=O) groups is 2.